The van der Waals surface area contributed by atoms with Gasteiger partial charge in [0.2, 0.25) is 5.91 Å². The molecule has 0 N–H and O–H groups in total. The second-order valence-corrected chi connectivity index (χ2v) is 3.59. The molecule has 0 aromatic rings. The minimum absolute atomic E-state index is 0.0197. The highest BCUT2D eigenvalue weighted by Crippen LogP contribution is 2.22. The van der Waals surface area contributed by atoms with E-state index in [1.165, 1.54) is 0 Å². The van der Waals surface area contributed by atoms with Gasteiger partial charge in [-0.05, 0) is 11.8 Å². The summed E-state index contributed by atoms with van der Waals surface area (Å²) in [7, 11) is 0. The number of rotatable bonds is 1. The minimum atomic E-state index is -0.0197. The normalized spacial score (nSPS) is 28.6. The third kappa shape index (κ3) is 1.76. The second-order valence-electron chi connectivity index (χ2n) is 3.59. The van der Waals surface area contributed by atoms with E-state index in [2.05, 4.69) is 13.8 Å². The molecule has 66 valence electrons. The van der Waals surface area contributed by atoms with E-state index in [1.54, 1.807) is 4.90 Å². The van der Waals surface area contributed by atoms with E-state index in [4.69, 9.17) is 5.26 Å². The Morgan fingerprint density at radius 1 is 1.50 bits per heavy atom. The molecule has 3 heteroatoms. The van der Waals surface area contributed by atoms with Crippen LogP contribution in [0, 0.1) is 23.2 Å². The summed E-state index contributed by atoms with van der Waals surface area (Å²) >= 11 is 0. The van der Waals surface area contributed by atoms with Gasteiger partial charge in [-0.15, -0.1) is 0 Å². The summed E-state index contributed by atoms with van der Waals surface area (Å²) in [6.07, 6.45) is 0.0272. The Morgan fingerprint density at radius 2 is 2.00 bits per heavy atom. The van der Waals surface area contributed by atoms with Gasteiger partial charge in [0, 0.05) is 13.1 Å². The average molecular weight is 166 g/mol. The average Bonchev–Trinajstić information content (AvgIpc) is 2.33. The quantitative estimate of drug-likeness (QED) is 0.583. The largest absolute Gasteiger partial charge is 0.341 e. The fraction of sp³-hybridized carbons (Fsp3) is 0.778. The first-order valence-electron chi connectivity index (χ1n) is 4.30. The number of nitrogens with zero attached hydrogens (tertiary/aromatic N) is 2. The minimum Gasteiger partial charge on any atom is -0.341 e. The van der Waals surface area contributed by atoms with Crippen LogP contribution >= 0.6 is 0 Å². The zero-order valence-corrected chi connectivity index (χ0v) is 7.58. The lowest BCUT2D eigenvalue weighted by atomic mass is 10.0. The number of hydrogen-bond donors (Lipinski definition) is 0. The molecule has 0 aromatic heterocycles. The van der Waals surface area contributed by atoms with Crippen molar-refractivity contribution in [3.63, 3.8) is 0 Å². The topological polar surface area (TPSA) is 44.1 Å². The number of hydrogen-bond acceptors (Lipinski definition) is 2. The van der Waals surface area contributed by atoms with Crippen LogP contribution in [0.25, 0.3) is 0 Å². The molecule has 1 amide bonds. The number of nitriles is 1. The van der Waals surface area contributed by atoms with Crippen molar-refractivity contribution in [2.24, 2.45) is 11.8 Å². The van der Waals surface area contributed by atoms with Crippen molar-refractivity contribution in [3.8, 4) is 6.07 Å². The van der Waals surface area contributed by atoms with Crippen LogP contribution in [0.5, 0.6) is 0 Å². The zero-order chi connectivity index (χ0) is 9.14. The Hall–Kier alpha value is -1.04. The van der Waals surface area contributed by atoms with Gasteiger partial charge in [-0.2, -0.15) is 5.26 Å². The molecule has 1 heterocycles. The molecule has 12 heavy (non-hydrogen) atoms. The summed E-state index contributed by atoms with van der Waals surface area (Å²) in [6.45, 7) is 5.93. The molecule has 0 radical (unpaired) electrons. The lowest BCUT2D eigenvalue weighted by molar-refractivity contribution is -0.129. The Bertz CT molecular complexity index is 209. The first-order valence-corrected chi connectivity index (χ1v) is 4.30. The van der Waals surface area contributed by atoms with Crippen molar-refractivity contribution in [1.29, 1.82) is 5.26 Å². The van der Waals surface area contributed by atoms with Gasteiger partial charge in [-0.3, -0.25) is 4.79 Å². The van der Waals surface area contributed by atoms with Gasteiger partial charge in [-0.25, -0.2) is 0 Å². The van der Waals surface area contributed by atoms with Crippen molar-refractivity contribution in [2.75, 3.05) is 13.1 Å². The number of amides is 1. The molecular weight excluding hydrogens is 152 g/mol. The highest BCUT2D eigenvalue weighted by Gasteiger charge is 2.28. The molecule has 2 unspecified atom stereocenters. The van der Waals surface area contributed by atoms with Gasteiger partial charge >= 0.3 is 0 Å². The van der Waals surface area contributed by atoms with Gasteiger partial charge in [-0.1, -0.05) is 13.8 Å². The molecule has 3 nitrogen and oxygen atoms in total. The van der Waals surface area contributed by atoms with E-state index in [0.717, 1.165) is 13.1 Å². The molecule has 2 atom stereocenters. The van der Waals surface area contributed by atoms with Crippen molar-refractivity contribution < 1.29 is 4.79 Å². The van der Waals surface area contributed by atoms with Crippen LogP contribution in [0.2, 0.25) is 0 Å². The van der Waals surface area contributed by atoms with Crippen molar-refractivity contribution in [2.45, 2.75) is 20.3 Å². The summed E-state index contributed by atoms with van der Waals surface area (Å²) in [5.74, 6) is 1.13. The molecule has 1 rings (SSSR count). The Morgan fingerprint density at radius 3 is 2.42 bits per heavy atom. The molecule has 0 bridgehead atoms. The lowest BCUT2D eigenvalue weighted by Gasteiger charge is -2.13. The molecule has 0 saturated carbocycles. The monoisotopic (exact) mass is 166 g/mol. The molecule has 0 aromatic carbocycles. The Balaban J connectivity index is 2.47. The summed E-state index contributed by atoms with van der Waals surface area (Å²) < 4.78 is 0. The third-order valence-corrected chi connectivity index (χ3v) is 2.57. The first kappa shape index (κ1) is 9.05. The molecule has 1 saturated heterocycles. The second kappa shape index (κ2) is 3.57. The Labute approximate surface area is 73.0 Å². The van der Waals surface area contributed by atoms with Gasteiger partial charge in [0.25, 0.3) is 0 Å². The van der Waals surface area contributed by atoms with Crippen LogP contribution < -0.4 is 0 Å². The third-order valence-electron chi connectivity index (χ3n) is 2.57. The van der Waals surface area contributed by atoms with E-state index >= 15 is 0 Å². The first-order chi connectivity index (χ1) is 5.65. The van der Waals surface area contributed by atoms with Crippen molar-refractivity contribution in [3.05, 3.63) is 0 Å². The van der Waals surface area contributed by atoms with Crippen molar-refractivity contribution >= 4 is 5.91 Å². The smallest absolute Gasteiger partial charge is 0.236 e. The maximum atomic E-state index is 11.2. The summed E-state index contributed by atoms with van der Waals surface area (Å²) in [5, 5.41) is 8.33. The van der Waals surface area contributed by atoms with E-state index in [-0.39, 0.29) is 12.3 Å². The molecular formula is C9H14N2O. The van der Waals surface area contributed by atoms with Crippen molar-refractivity contribution in [1.82, 2.24) is 4.90 Å². The molecule has 1 aliphatic heterocycles. The molecule has 1 aliphatic rings. The van der Waals surface area contributed by atoms with Crippen LogP contribution in [0.1, 0.15) is 20.3 Å². The fourth-order valence-corrected chi connectivity index (χ4v) is 1.51. The zero-order valence-electron chi connectivity index (χ0n) is 7.58. The predicted octanol–water partition coefficient (Wildman–Crippen LogP) is 1.01. The summed E-state index contributed by atoms with van der Waals surface area (Å²) in [5.41, 5.74) is 0. The van der Waals surface area contributed by atoms with Crippen LogP contribution in [-0.2, 0) is 4.79 Å². The predicted molar refractivity (Wildman–Crippen MR) is 45.1 cm³/mol. The van der Waals surface area contributed by atoms with E-state index in [0.29, 0.717) is 11.8 Å². The number of carbonyl (C=O) groups is 1. The SMILES string of the molecule is CC1CN(C(=O)CC#N)CC1C. The highest BCUT2D eigenvalue weighted by atomic mass is 16.2. The molecule has 0 aliphatic carbocycles. The maximum Gasteiger partial charge on any atom is 0.236 e. The van der Waals surface area contributed by atoms with Crippen LogP contribution in [-0.4, -0.2) is 23.9 Å². The fourth-order valence-electron chi connectivity index (χ4n) is 1.51. The van der Waals surface area contributed by atoms with Crippen LogP contribution in [0.15, 0.2) is 0 Å². The molecule has 1 fully saturated rings. The van der Waals surface area contributed by atoms with Crippen LogP contribution in [0.3, 0.4) is 0 Å². The van der Waals surface area contributed by atoms with E-state index in [1.807, 2.05) is 6.07 Å². The van der Waals surface area contributed by atoms with E-state index < -0.39 is 0 Å². The van der Waals surface area contributed by atoms with Gasteiger partial charge in [0.05, 0.1) is 6.07 Å². The summed E-state index contributed by atoms with van der Waals surface area (Å²) in [4.78, 5) is 13.0. The molecule has 0 spiro atoms. The standard InChI is InChI=1S/C9H14N2O/c1-7-5-11(6-8(7)2)9(12)3-4-10/h7-8H,3,5-6H2,1-2H3. The Kier molecular flexibility index (Phi) is 2.69. The van der Waals surface area contributed by atoms with Crippen LogP contribution in [0.4, 0.5) is 0 Å². The van der Waals surface area contributed by atoms with Gasteiger partial charge in [0.1, 0.15) is 6.42 Å². The number of likely N-dealkylation sites (tertiary alicyclic amines) is 1. The van der Waals surface area contributed by atoms with E-state index in [9.17, 15) is 4.79 Å². The van der Waals surface area contributed by atoms with Gasteiger partial charge < -0.3 is 4.90 Å². The lowest BCUT2D eigenvalue weighted by Crippen LogP contribution is -2.28. The highest BCUT2D eigenvalue weighted by molar-refractivity contribution is 5.78. The summed E-state index contributed by atoms with van der Waals surface area (Å²) in [6, 6.07) is 1.88. The maximum absolute atomic E-state index is 11.2. The van der Waals surface area contributed by atoms with Gasteiger partial charge in [0.15, 0.2) is 0 Å². The number of carbonyl (C=O) groups excluding carboxylic acids is 1.